The van der Waals surface area contributed by atoms with Crippen molar-refractivity contribution in [2.45, 2.75) is 38.5 Å². The number of nitrogens with two attached hydrogens (primary N) is 1. The summed E-state index contributed by atoms with van der Waals surface area (Å²) in [5.74, 6) is -1.60. The topological polar surface area (TPSA) is 98.2 Å². The van der Waals surface area contributed by atoms with Gasteiger partial charge in [0.05, 0.1) is 16.7 Å². The van der Waals surface area contributed by atoms with Crippen molar-refractivity contribution in [1.29, 1.82) is 0 Å². The van der Waals surface area contributed by atoms with E-state index in [0.29, 0.717) is 24.1 Å². The van der Waals surface area contributed by atoms with E-state index in [4.69, 9.17) is 1.41 Å². The molecule has 0 saturated heterocycles. The Labute approximate surface area is 113 Å². The predicted octanol–water partition coefficient (Wildman–Crippen LogP) is 1.27. The van der Waals surface area contributed by atoms with Crippen molar-refractivity contribution in [2.24, 2.45) is 18.2 Å². The number of primary amides is 1. The Hall–Kier alpha value is -1.85. The minimum absolute atomic E-state index is 0.236. The van der Waals surface area contributed by atoms with Gasteiger partial charge in [0.25, 0.3) is 5.91 Å². The molecule has 1 aromatic heterocycles. The zero-order valence-corrected chi connectivity index (χ0v) is 11.1. The van der Waals surface area contributed by atoms with Gasteiger partial charge >= 0.3 is 5.97 Å². The van der Waals surface area contributed by atoms with E-state index in [9.17, 15) is 14.7 Å². The summed E-state index contributed by atoms with van der Waals surface area (Å²) in [7, 11) is 1.68. The molecule has 104 valence electrons. The molecule has 1 aromatic rings. The van der Waals surface area contributed by atoms with Gasteiger partial charge in [0.15, 0.2) is 1.41 Å². The molecule has 0 spiro atoms. The summed E-state index contributed by atoms with van der Waals surface area (Å²) in [6.07, 6.45) is 4.42. The Kier molecular flexibility index (Phi) is 3.00. The van der Waals surface area contributed by atoms with Crippen molar-refractivity contribution in [2.75, 3.05) is 0 Å². The first-order valence-electron chi connectivity index (χ1n) is 6.95. The lowest BCUT2D eigenvalue weighted by atomic mass is 9.94. The third-order valence-electron chi connectivity index (χ3n) is 3.91. The smallest absolute Gasteiger partial charge is 0.310 e. The molecule has 3 N–H and O–H groups in total. The van der Waals surface area contributed by atoms with E-state index in [-0.39, 0.29) is 5.92 Å². The lowest BCUT2D eigenvalue weighted by Gasteiger charge is -2.11. The number of carboxylic acid groups (broad SMARTS) is 1. The van der Waals surface area contributed by atoms with Gasteiger partial charge in [-0.25, -0.2) is 0 Å². The Morgan fingerprint density at radius 3 is 3.05 bits per heavy atom. The fourth-order valence-electron chi connectivity index (χ4n) is 2.71. The van der Waals surface area contributed by atoms with Crippen molar-refractivity contribution in [3.05, 3.63) is 17.5 Å². The third-order valence-corrected chi connectivity index (χ3v) is 3.91. The number of carbonyl (C=O) groups is 2. The zero-order valence-electron chi connectivity index (χ0n) is 12.1. The summed E-state index contributed by atoms with van der Waals surface area (Å²) >= 11 is 0. The molecule has 1 saturated carbocycles. The van der Waals surface area contributed by atoms with E-state index in [1.807, 2.05) is 12.7 Å². The molecule has 1 amide bonds. The van der Waals surface area contributed by atoms with Crippen LogP contribution < -0.4 is 5.73 Å². The van der Waals surface area contributed by atoms with E-state index >= 15 is 0 Å². The molecule has 2 unspecified atom stereocenters. The summed E-state index contributed by atoms with van der Waals surface area (Å²) in [6, 6.07) is 0. The van der Waals surface area contributed by atoms with Gasteiger partial charge in [-0.1, -0.05) is 19.8 Å². The minimum Gasteiger partial charge on any atom is -0.481 e. The number of hydrogen-bond donors (Lipinski definition) is 2. The van der Waals surface area contributed by atoms with Crippen molar-refractivity contribution >= 4 is 11.9 Å². The number of carbonyl (C=O) groups excluding carboxylic acids is 1. The van der Waals surface area contributed by atoms with E-state index < -0.39 is 17.3 Å². The first-order valence-corrected chi connectivity index (χ1v) is 6.45. The number of hydrogen-bond acceptors (Lipinski definition) is 3. The van der Waals surface area contributed by atoms with E-state index in [2.05, 4.69) is 5.10 Å². The number of aromatic nitrogens is 2. The second kappa shape index (κ2) is 4.68. The van der Waals surface area contributed by atoms with Gasteiger partial charge in [-0.2, -0.15) is 5.10 Å². The highest BCUT2D eigenvalue weighted by atomic mass is 16.4. The molecule has 2 atom stereocenters. The first kappa shape index (κ1) is 12.2. The van der Waals surface area contributed by atoms with Crippen LogP contribution in [0.1, 0.15) is 54.6 Å². The summed E-state index contributed by atoms with van der Waals surface area (Å²) in [5.41, 5.74) is 1.83. The summed E-state index contributed by atoms with van der Waals surface area (Å²) in [6.45, 7) is 2.02. The number of nitrogens with zero attached hydrogens (tertiary/aromatic N) is 2. The Morgan fingerprint density at radius 2 is 2.47 bits per heavy atom. The maximum absolute atomic E-state index is 11.7. The molecule has 19 heavy (non-hydrogen) atoms. The second-order valence-electron chi connectivity index (χ2n) is 5.25. The molecule has 1 aliphatic rings. The van der Waals surface area contributed by atoms with Gasteiger partial charge in [-0.3, -0.25) is 14.3 Å². The fourth-order valence-corrected chi connectivity index (χ4v) is 2.71. The number of carboxylic acids is 1. The van der Waals surface area contributed by atoms with Crippen molar-refractivity contribution in [1.82, 2.24) is 9.78 Å². The van der Waals surface area contributed by atoms with Crippen LogP contribution in [0.25, 0.3) is 0 Å². The van der Waals surface area contributed by atoms with Crippen LogP contribution in [0.4, 0.5) is 0 Å². The summed E-state index contributed by atoms with van der Waals surface area (Å²) in [4.78, 5) is 23.2. The van der Waals surface area contributed by atoms with Crippen molar-refractivity contribution in [3.8, 4) is 0 Å². The van der Waals surface area contributed by atoms with E-state index in [0.717, 1.165) is 12.8 Å². The largest absolute Gasteiger partial charge is 0.481 e. The molecular formula is C13H19N3O3. The summed E-state index contributed by atoms with van der Waals surface area (Å²) in [5, 5.41) is 13.7. The van der Waals surface area contributed by atoms with Crippen LogP contribution in [-0.4, -0.2) is 26.8 Å². The molecule has 0 radical (unpaired) electrons. The number of aliphatic carboxylic acids is 1. The average Bonchev–Trinajstić information content (AvgIpc) is 3.04. The van der Waals surface area contributed by atoms with Gasteiger partial charge < -0.3 is 10.8 Å². The molecule has 0 aliphatic heterocycles. The number of amides is 1. The van der Waals surface area contributed by atoms with E-state index in [1.54, 1.807) is 7.05 Å². The van der Waals surface area contributed by atoms with Crippen LogP contribution in [0.15, 0.2) is 6.20 Å². The first-order chi connectivity index (χ1) is 9.46. The van der Waals surface area contributed by atoms with E-state index in [1.165, 1.54) is 10.9 Å². The lowest BCUT2D eigenvalue weighted by molar-refractivity contribution is -0.143. The van der Waals surface area contributed by atoms with Crippen LogP contribution in [0.2, 0.25) is 1.41 Å². The minimum atomic E-state index is -0.821. The van der Waals surface area contributed by atoms with Gasteiger partial charge in [-0.05, 0) is 12.8 Å². The fraction of sp³-hybridized carbons (Fsp3) is 0.615. The molecule has 2 rings (SSSR count). The highest BCUT2D eigenvalue weighted by Crippen LogP contribution is 2.62. The van der Waals surface area contributed by atoms with Crippen LogP contribution in [0.3, 0.4) is 0 Å². The lowest BCUT2D eigenvalue weighted by Crippen LogP contribution is -2.19. The highest BCUT2D eigenvalue weighted by molar-refractivity contribution is 5.94. The molecule has 1 fully saturated rings. The normalized spacial score (nSPS) is 25.8. The molecule has 6 heteroatoms. The molecule has 1 heterocycles. The van der Waals surface area contributed by atoms with Crippen LogP contribution >= 0.6 is 0 Å². The SMILES string of the molecule is [2H]NC(=O)c1cn(C)nc1C1CC1(CCCC)C(=O)O. The Morgan fingerprint density at radius 1 is 1.74 bits per heavy atom. The Bertz CT molecular complexity index is 543. The van der Waals surface area contributed by atoms with Gasteiger partial charge in [-0.15, -0.1) is 0 Å². The standard InChI is InChI=1S/C13H19N3O3/c1-3-4-5-13(12(18)19)6-9(13)10-8(11(14)17)7-16(2)15-10/h7,9H,3-6H2,1-2H3,(H2,14,17)(H,18,19)/i/hD. The summed E-state index contributed by atoms with van der Waals surface area (Å²) < 4.78 is 8.45. The molecular weight excluding hydrogens is 246 g/mol. The van der Waals surface area contributed by atoms with Gasteiger partial charge in [0.2, 0.25) is 0 Å². The zero-order chi connectivity index (χ0) is 14.9. The van der Waals surface area contributed by atoms with Crippen LogP contribution in [0.5, 0.6) is 0 Å². The van der Waals surface area contributed by atoms with Crippen LogP contribution in [-0.2, 0) is 11.8 Å². The van der Waals surface area contributed by atoms with Gasteiger partial charge in [0.1, 0.15) is 0 Å². The highest BCUT2D eigenvalue weighted by Gasteiger charge is 2.62. The molecule has 6 nitrogen and oxygen atoms in total. The quantitative estimate of drug-likeness (QED) is 0.810. The third kappa shape index (κ3) is 2.22. The number of rotatable bonds is 6. The number of aryl methyl sites for hydroxylation is 1. The molecule has 0 aromatic carbocycles. The second-order valence-corrected chi connectivity index (χ2v) is 5.25. The predicted molar refractivity (Wildman–Crippen MR) is 68.7 cm³/mol. The van der Waals surface area contributed by atoms with Crippen LogP contribution in [0, 0.1) is 5.41 Å². The molecule has 0 bridgehead atoms. The monoisotopic (exact) mass is 266 g/mol. The maximum atomic E-state index is 11.7. The Balaban J connectivity index is 2.29. The maximum Gasteiger partial charge on any atom is 0.310 e. The molecule has 1 aliphatic carbocycles. The number of unbranched alkanes of at least 4 members (excludes halogenated alkanes) is 1. The average molecular weight is 266 g/mol. The van der Waals surface area contributed by atoms with Crippen molar-refractivity contribution in [3.63, 3.8) is 0 Å². The van der Waals surface area contributed by atoms with Crippen molar-refractivity contribution < 1.29 is 16.1 Å². The van der Waals surface area contributed by atoms with Gasteiger partial charge in [0, 0.05) is 19.2 Å².